The van der Waals surface area contributed by atoms with Gasteiger partial charge in [0.25, 0.3) is 0 Å². The first-order valence-corrected chi connectivity index (χ1v) is 11.2. The maximum Gasteiger partial charge on any atom is 0.228 e. The van der Waals surface area contributed by atoms with Crippen LogP contribution in [0.15, 0.2) is 11.2 Å². The summed E-state index contributed by atoms with van der Waals surface area (Å²) in [7, 11) is 0. The predicted molar refractivity (Wildman–Crippen MR) is 107 cm³/mol. The molecule has 0 amide bonds. The standard InChI is InChI=1S/C20H27N5OS/c1-13-11-17(14(2)24(13)15-5-6-15)18(26)12-27-20-22-21-19(23-9-3-4-10-23)25(20)16-7-8-16/h11,15-16H,3-10,12H2,1-2H3. The van der Waals surface area contributed by atoms with E-state index in [9.17, 15) is 4.79 Å². The molecule has 5 rings (SSSR count). The number of carbonyl (C=O) groups is 1. The Kier molecular flexibility index (Phi) is 4.30. The molecule has 1 aliphatic heterocycles. The second-order valence-corrected chi connectivity index (χ2v) is 9.12. The minimum Gasteiger partial charge on any atom is -0.345 e. The van der Waals surface area contributed by atoms with Gasteiger partial charge in [-0.25, -0.2) is 0 Å². The van der Waals surface area contributed by atoms with Gasteiger partial charge >= 0.3 is 0 Å². The number of hydrogen-bond donors (Lipinski definition) is 0. The summed E-state index contributed by atoms with van der Waals surface area (Å²) in [5, 5.41) is 9.83. The second-order valence-electron chi connectivity index (χ2n) is 8.18. The Bertz CT molecular complexity index is 871. The molecule has 0 N–H and O–H groups in total. The van der Waals surface area contributed by atoms with Gasteiger partial charge in [0, 0.05) is 42.1 Å². The van der Waals surface area contributed by atoms with Gasteiger partial charge in [0.1, 0.15) is 0 Å². The lowest BCUT2D eigenvalue weighted by molar-refractivity contribution is 0.102. The minimum atomic E-state index is 0.202. The lowest BCUT2D eigenvalue weighted by atomic mass is 10.2. The van der Waals surface area contributed by atoms with Gasteiger partial charge < -0.3 is 9.47 Å². The van der Waals surface area contributed by atoms with E-state index in [0.717, 1.165) is 35.5 Å². The Morgan fingerprint density at radius 3 is 2.41 bits per heavy atom. The molecule has 0 bridgehead atoms. The fourth-order valence-electron chi connectivity index (χ4n) is 4.31. The van der Waals surface area contributed by atoms with E-state index in [1.54, 1.807) is 11.8 Å². The van der Waals surface area contributed by atoms with Crippen LogP contribution in [0.2, 0.25) is 0 Å². The van der Waals surface area contributed by atoms with Gasteiger partial charge in [0.2, 0.25) is 5.95 Å². The summed E-state index contributed by atoms with van der Waals surface area (Å²) in [4.78, 5) is 15.3. The highest BCUT2D eigenvalue weighted by Gasteiger charge is 2.33. The van der Waals surface area contributed by atoms with Crippen LogP contribution in [0, 0.1) is 13.8 Å². The van der Waals surface area contributed by atoms with Gasteiger partial charge in [0.05, 0.1) is 5.75 Å². The summed E-state index contributed by atoms with van der Waals surface area (Å²) in [5.41, 5.74) is 3.21. The number of ketones is 1. The lowest BCUT2D eigenvalue weighted by Crippen LogP contribution is -2.22. The van der Waals surface area contributed by atoms with E-state index in [2.05, 4.69) is 44.1 Å². The molecular formula is C20H27N5OS. The molecule has 2 aliphatic carbocycles. The van der Waals surface area contributed by atoms with Crippen molar-refractivity contribution in [3.63, 3.8) is 0 Å². The van der Waals surface area contributed by atoms with Crippen molar-refractivity contribution in [1.29, 1.82) is 0 Å². The first-order chi connectivity index (χ1) is 13.1. The van der Waals surface area contributed by atoms with Gasteiger partial charge in [-0.05, 0) is 58.4 Å². The third-order valence-electron chi connectivity index (χ3n) is 5.98. The number of nitrogens with zero attached hydrogens (tertiary/aromatic N) is 5. The van der Waals surface area contributed by atoms with Crippen LogP contribution in [0.5, 0.6) is 0 Å². The molecule has 0 radical (unpaired) electrons. The van der Waals surface area contributed by atoms with Crippen LogP contribution >= 0.6 is 11.8 Å². The third kappa shape index (κ3) is 3.20. The molecule has 3 aliphatic rings. The molecule has 3 fully saturated rings. The number of anilines is 1. The smallest absolute Gasteiger partial charge is 0.228 e. The van der Waals surface area contributed by atoms with Crippen LogP contribution in [-0.4, -0.2) is 44.0 Å². The number of Topliss-reactive ketones (excluding diaryl/α,β-unsaturated/α-hetero) is 1. The Morgan fingerprint density at radius 1 is 1.07 bits per heavy atom. The van der Waals surface area contributed by atoms with E-state index in [1.807, 2.05) is 0 Å². The number of aromatic nitrogens is 4. The number of aryl methyl sites for hydroxylation is 1. The number of hydrogen-bond acceptors (Lipinski definition) is 5. The van der Waals surface area contributed by atoms with E-state index in [-0.39, 0.29) is 5.78 Å². The third-order valence-corrected chi connectivity index (χ3v) is 6.92. The van der Waals surface area contributed by atoms with Crippen LogP contribution in [-0.2, 0) is 0 Å². The first-order valence-electron chi connectivity index (χ1n) is 10.2. The van der Waals surface area contributed by atoms with Gasteiger partial charge in [-0.3, -0.25) is 9.36 Å². The number of rotatable bonds is 7. The number of carbonyl (C=O) groups excluding carboxylic acids is 1. The summed E-state index contributed by atoms with van der Waals surface area (Å²) in [6.07, 6.45) is 7.33. The van der Waals surface area contributed by atoms with Crippen molar-refractivity contribution in [2.75, 3.05) is 23.7 Å². The Morgan fingerprint density at radius 2 is 1.74 bits per heavy atom. The normalized spacial score (nSPS) is 19.9. The van der Waals surface area contributed by atoms with E-state index in [1.165, 1.54) is 44.2 Å². The molecule has 3 heterocycles. The molecule has 0 aromatic carbocycles. The van der Waals surface area contributed by atoms with Gasteiger partial charge in [0.15, 0.2) is 10.9 Å². The van der Waals surface area contributed by atoms with Crippen LogP contribution in [0.4, 0.5) is 5.95 Å². The largest absolute Gasteiger partial charge is 0.345 e. The van der Waals surface area contributed by atoms with E-state index in [4.69, 9.17) is 0 Å². The summed E-state index contributed by atoms with van der Waals surface area (Å²) >= 11 is 1.55. The monoisotopic (exact) mass is 385 g/mol. The fraction of sp³-hybridized carbons (Fsp3) is 0.650. The van der Waals surface area contributed by atoms with Gasteiger partial charge in [-0.2, -0.15) is 0 Å². The van der Waals surface area contributed by atoms with Crippen molar-refractivity contribution < 1.29 is 4.79 Å². The molecule has 0 atom stereocenters. The highest BCUT2D eigenvalue weighted by molar-refractivity contribution is 7.99. The Balaban J connectivity index is 1.33. The average Bonchev–Trinajstić information content (AvgIpc) is 3.55. The minimum absolute atomic E-state index is 0.202. The first kappa shape index (κ1) is 17.3. The molecule has 27 heavy (non-hydrogen) atoms. The van der Waals surface area contributed by atoms with Crippen molar-refractivity contribution in [3.05, 3.63) is 23.0 Å². The topological polar surface area (TPSA) is 56.0 Å². The van der Waals surface area contributed by atoms with Crippen molar-refractivity contribution >= 4 is 23.5 Å². The zero-order valence-corrected chi connectivity index (χ0v) is 17.0. The van der Waals surface area contributed by atoms with Crippen LogP contribution in [0.1, 0.15) is 72.4 Å². The molecule has 144 valence electrons. The molecule has 0 spiro atoms. The summed E-state index contributed by atoms with van der Waals surface area (Å²) in [6, 6.07) is 3.20. The second kappa shape index (κ2) is 6.69. The molecule has 2 saturated carbocycles. The van der Waals surface area contributed by atoms with Crippen LogP contribution in [0.25, 0.3) is 0 Å². The zero-order chi connectivity index (χ0) is 18.5. The highest BCUT2D eigenvalue weighted by Crippen LogP contribution is 2.42. The predicted octanol–water partition coefficient (Wildman–Crippen LogP) is 3.94. The van der Waals surface area contributed by atoms with E-state index >= 15 is 0 Å². The summed E-state index contributed by atoms with van der Waals surface area (Å²) < 4.78 is 4.63. The SMILES string of the molecule is Cc1cc(C(=O)CSc2nnc(N3CCCC3)n2C2CC2)c(C)n1C1CC1. The average molecular weight is 386 g/mol. The Hall–Kier alpha value is -1.76. The summed E-state index contributed by atoms with van der Waals surface area (Å²) in [6.45, 7) is 6.34. The lowest BCUT2D eigenvalue weighted by Gasteiger charge is -2.17. The summed E-state index contributed by atoms with van der Waals surface area (Å²) in [5.74, 6) is 1.64. The molecule has 2 aromatic rings. The maximum absolute atomic E-state index is 12.9. The molecule has 2 aromatic heterocycles. The van der Waals surface area contributed by atoms with Crippen molar-refractivity contribution in [3.8, 4) is 0 Å². The zero-order valence-electron chi connectivity index (χ0n) is 16.1. The van der Waals surface area contributed by atoms with E-state index in [0.29, 0.717) is 17.8 Å². The van der Waals surface area contributed by atoms with Gasteiger partial charge in [-0.15, -0.1) is 10.2 Å². The van der Waals surface area contributed by atoms with Crippen LogP contribution in [0.3, 0.4) is 0 Å². The van der Waals surface area contributed by atoms with Crippen molar-refractivity contribution in [2.45, 2.75) is 69.6 Å². The fourth-order valence-corrected chi connectivity index (χ4v) is 5.20. The quantitative estimate of drug-likeness (QED) is 0.534. The molecular weight excluding hydrogens is 358 g/mol. The Labute approximate surface area is 164 Å². The van der Waals surface area contributed by atoms with Crippen LogP contribution < -0.4 is 4.90 Å². The molecule has 0 unspecified atom stereocenters. The van der Waals surface area contributed by atoms with Crippen molar-refractivity contribution in [2.24, 2.45) is 0 Å². The van der Waals surface area contributed by atoms with Gasteiger partial charge in [-0.1, -0.05) is 11.8 Å². The number of thioether (sulfide) groups is 1. The van der Waals surface area contributed by atoms with Crippen molar-refractivity contribution in [1.82, 2.24) is 19.3 Å². The molecule has 7 heteroatoms. The highest BCUT2D eigenvalue weighted by atomic mass is 32.2. The molecule has 1 saturated heterocycles. The maximum atomic E-state index is 12.9. The molecule has 6 nitrogen and oxygen atoms in total. The van der Waals surface area contributed by atoms with E-state index < -0.39 is 0 Å².